The first-order valence-electron chi connectivity index (χ1n) is 8.05. The highest BCUT2D eigenvalue weighted by atomic mass is 15.2. The van der Waals surface area contributed by atoms with Gasteiger partial charge in [0.05, 0.1) is 6.33 Å². The fourth-order valence-electron chi connectivity index (χ4n) is 3.23. The van der Waals surface area contributed by atoms with E-state index in [0.29, 0.717) is 11.7 Å². The van der Waals surface area contributed by atoms with Crippen molar-refractivity contribution in [3.8, 4) is 0 Å². The number of imidazole rings is 1. The Balaban J connectivity index is 1.44. The van der Waals surface area contributed by atoms with Crippen molar-refractivity contribution in [2.24, 2.45) is 0 Å². The van der Waals surface area contributed by atoms with Crippen LogP contribution in [0.3, 0.4) is 0 Å². The van der Waals surface area contributed by atoms with Crippen LogP contribution in [0.25, 0.3) is 11.2 Å². The third-order valence-corrected chi connectivity index (χ3v) is 4.32. The Kier molecular flexibility index (Phi) is 3.90. The first-order chi connectivity index (χ1) is 11.4. The molecular formula is C17H20N6. The van der Waals surface area contributed by atoms with Gasteiger partial charge in [-0.25, -0.2) is 15.0 Å². The minimum Gasteiger partial charge on any atom is -0.364 e. The van der Waals surface area contributed by atoms with Gasteiger partial charge in [-0.1, -0.05) is 30.3 Å². The number of piperidine rings is 1. The van der Waals surface area contributed by atoms with Crippen molar-refractivity contribution in [1.29, 1.82) is 0 Å². The van der Waals surface area contributed by atoms with Crippen LogP contribution in [0.4, 0.5) is 5.82 Å². The van der Waals surface area contributed by atoms with Crippen LogP contribution in [0.2, 0.25) is 0 Å². The standard InChI is InChI=1S/C17H20N6/c1-2-5-13(6-3-1)9-23-8-4-7-14(10-23)22-17-15-16(19-11-18-15)20-12-21-17/h1-3,5-6,11-12,14H,4,7-10H2,(H2,18,19,20,21,22). The van der Waals surface area contributed by atoms with Crippen molar-refractivity contribution in [3.05, 3.63) is 48.5 Å². The van der Waals surface area contributed by atoms with Gasteiger partial charge in [-0.3, -0.25) is 4.90 Å². The van der Waals surface area contributed by atoms with E-state index in [1.54, 1.807) is 12.7 Å². The number of benzene rings is 1. The van der Waals surface area contributed by atoms with Gasteiger partial charge in [-0.05, 0) is 24.9 Å². The first kappa shape index (κ1) is 14.1. The molecule has 2 N–H and O–H groups in total. The van der Waals surface area contributed by atoms with Crippen LogP contribution < -0.4 is 5.32 Å². The number of anilines is 1. The zero-order valence-corrected chi connectivity index (χ0v) is 12.9. The summed E-state index contributed by atoms with van der Waals surface area (Å²) in [5.74, 6) is 0.846. The Morgan fingerprint density at radius 3 is 3.00 bits per heavy atom. The van der Waals surface area contributed by atoms with Gasteiger partial charge in [0.25, 0.3) is 0 Å². The van der Waals surface area contributed by atoms with Gasteiger partial charge in [0, 0.05) is 19.1 Å². The van der Waals surface area contributed by atoms with Gasteiger partial charge in [0.1, 0.15) is 11.8 Å². The molecule has 1 atom stereocenters. The third-order valence-electron chi connectivity index (χ3n) is 4.32. The van der Waals surface area contributed by atoms with Crippen LogP contribution in [0.5, 0.6) is 0 Å². The van der Waals surface area contributed by atoms with Crippen molar-refractivity contribution >= 4 is 17.0 Å². The molecule has 1 fully saturated rings. The van der Waals surface area contributed by atoms with Crippen LogP contribution in [0, 0.1) is 0 Å². The van der Waals surface area contributed by atoms with Gasteiger partial charge in [-0.15, -0.1) is 0 Å². The number of hydrogen-bond acceptors (Lipinski definition) is 5. The Hall–Kier alpha value is -2.47. The van der Waals surface area contributed by atoms with Gasteiger partial charge in [-0.2, -0.15) is 0 Å². The van der Waals surface area contributed by atoms with Gasteiger partial charge in [0.15, 0.2) is 11.5 Å². The highest BCUT2D eigenvalue weighted by Gasteiger charge is 2.21. The lowest BCUT2D eigenvalue weighted by Crippen LogP contribution is -2.41. The average Bonchev–Trinajstić information content (AvgIpc) is 3.06. The molecule has 0 bridgehead atoms. The second kappa shape index (κ2) is 6.34. The molecule has 4 rings (SSSR count). The lowest BCUT2D eigenvalue weighted by Gasteiger charge is -2.33. The van der Waals surface area contributed by atoms with Gasteiger partial charge >= 0.3 is 0 Å². The van der Waals surface area contributed by atoms with Crippen LogP contribution >= 0.6 is 0 Å². The van der Waals surface area contributed by atoms with E-state index in [0.717, 1.165) is 37.4 Å². The predicted molar refractivity (Wildman–Crippen MR) is 90.0 cm³/mol. The summed E-state index contributed by atoms with van der Waals surface area (Å²) in [4.78, 5) is 18.3. The van der Waals surface area contributed by atoms with E-state index in [1.807, 2.05) is 0 Å². The van der Waals surface area contributed by atoms with Crippen molar-refractivity contribution in [3.63, 3.8) is 0 Å². The molecule has 6 nitrogen and oxygen atoms in total. The lowest BCUT2D eigenvalue weighted by atomic mass is 10.0. The fourth-order valence-corrected chi connectivity index (χ4v) is 3.23. The Bertz CT molecular complexity index is 769. The van der Waals surface area contributed by atoms with Crippen LogP contribution in [0.15, 0.2) is 43.0 Å². The normalized spacial score (nSPS) is 19.0. The first-order valence-corrected chi connectivity index (χ1v) is 8.05. The summed E-state index contributed by atoms with van der Waals surface area (Å²) in [5.41, 5.74) is 2.96. The molecule has 23 heavy (non-hydrogen) atoms. The topological polar surface area (TPSA) is 69.7 Å². The maximum atomic E-state index is 4.37. The molecule has 1 aliphatic rings. The summed E-state index contributed by atoms with van der Waals surface area (Å²) < 4.78 is 0. The minimum atomic E-state index is 0.397. The molecule has 1 aromatic carbocycles. The van der Waals surface area contributed by atoms with Crippen LogP contribution in [-0.2, 0) is 6.54 Å². The van der Waals surface area contributed by atoms with Crippen molar-refractivity contribution in [1.82, 2.24) is 24.8 Å². The number of rotatable bonds is 4. The van der Waals surface area contributed by atoms with E-state index >= 15 is 0 Å². The number of hydrogen-bond donors (Lipinski definition) is 2. The quantitative estimate of drug-likeness (QED) is 0.774. The molecular weight excluding hydrogens is 288 g/mol. The molecule has 6 heteroatoms. The summed E-state index contributed by atoms with van der Waals surface area (Å²) >= 11 is 0. The molecule has 2 aromatic heterocycles. The van der Waals surface area contributed by atoms with E-state index in [-0.39, 0.29) is 0 Å². The molecule has 0 amide bonds. The molecule has 0 spiro atoms. The molecule has 118 valence electrons. The molecule has 1 aliphatic heterocycles. The van der Waals surface area contributed by atoms with Crippen molar-refractivity contribution in [2.75, 3.05) is 18.4 Å². The molecule has 0 radical (unpaired) electrons. The monoisotopic (exact) mass is 308 g/mol. The highest BCUT2D eigenvalue weighted by Crippen LogP contribution is 2.20. The zero-order chi connectivity index (χ0) is 15.5. The summed E-state index contributed by atoms with van der Waals surface area (Å²) in [6.45, 7) is 3.17. The highest BCUT2D eigenvalue weighted by molar-refractivity contribution is 5.82. The van der Waals surface area contributed by atoms with E-state index in [4.69, 9.17) is 0 Å². The lowest BCUT2D eigenvalue weighted by molar-refractivity contribution is 0.208. The second-order valence-electron chi connectivity index (χ2n) is 6.03. The predicted octanol–water partition coefficient (Wildman–Crippen LogP) is 2.43. The zero-order valence-electron chi connectivity index (χ0n) is 12.9. The number of aromatic amines is 1. The summed E-state index contributed by atoms with van der Waals surface area (Å²) in [6, 6.07) is 11.0. The second-order valence-corrected chi connectivity index (χ2v) is 6.03. The van der Waals surface area contributed by atoms with Crippen molar-refractivity contribution in [2.45, 2.75) is 25.4 Å². The molecule has 3 aromatic rings. The molecule has 0 aliphatic carbocycles. The summed E-state index contributed by atoms with van der Waals surface area (Å²) in [7, 11) is 0. The minimum absolute atomic E-state index is 0.397. The van der Waals surface area contributed by atoms with Crippen molar-refractivity contribution < 1.29 is 0 Å². The third kappa shape index (κ3) is 3.17. The van der Waals surface area contributed by atoms with E-state index in [2.05, 4.69) is 60.5 Å². The summed E-state index contributed by atoms with van der Waals surface area (Å²) in [5, 5.41) is 3.56. The SMILES string of the molecule is c1ccc(CN2CCCC(Nc3ncnc4nc[nH]c34)C2)cc1. The molecule has 3 heterocycles. The Morgan fingerprint density at radius 1 is 1.17 bits per heavy atom. The molecule has 1 saturated heterocycles. The maximum Gasteiger partial charge on any atom is 0.182 e. The number of fused-ring (bicyclic) bond motifs is 1. The molecule has 0 saturated carbocycles. The number of H-pyrrole nitrogens is 1. The van der Waals surface area contributed by atoms with Gasteiger partial charge in [0.2, 0.25) is 0 Å². The Morgan fingerprint density at radius 2 is 2.09 bits per heavy atom. The maximum absolute atomic E-state index is 4.37. The fraction of sp³-hybridized carbons (Fsp3) is 0.353. The average molecular weight is 308 g/mol. The number of nitrogens with zero attached hydrogens (tertiary/aromatic N) is 4. The largest absolute Gasteiger partial charge is 0.364 e. The Labute approximate surface area is 135 Å². The smallest absolute Gasteiger partial charge is 0.182 e. The van der Waals surface area contributed by atoms with Gasteiger partial charge < -0.3 is 10.3 Å². The summed E-state index contributed by atoms with van der Waals surface area (Å²) in [6.07, 6.45) is 5.58. The van der Waals surface area contributed by atoms with E-state index in [1.165, 1.54) is 12.0 Å². The van der Waals surface area contributed by atoms with E-state index in [9.17, 15) is 0 Å². The number of likely N-dealkylation sites (tertiary alicyclic amines) is 1. The van der Waals surface area contributed by atoms with E-state index < -0.39 is 0 Å². The number of nitrogens with one attached hydrogen (secondary N) is 2. The van der Waals surface area contributed by atoms with Crippen LogP contribution in [0.1, 0.15) is 18.4 Å². The van der Waals surface area contributed by atoms with Crippen LogP contribution in [-0.4, -0.2) is 44.0 Å². The molecule has 1 unspecified atom stereocenters. The number of aromatic nitrogens is 4.